The lowest BCUT2D eigenvalue weighted by Gasteiger charge is -2.10. The van der Waals surface area contributed by atoms with E-state index in [4.69, 9.17) is 10.2 Å². The number of hydrogen-bond donors (Lipinski definition) is 2. The summed E-state index contributed by atoms with van der Waals surface area (Å²) in [4.78, 5) is -0.0184. The summed E-state index contributed by atoms with van der Waals surface area (Å²) in [5, 5.41) is 17.6. The topological polar surface area (TPSA) is 83.8 Å². The Labute approximate surface area is 94.4 Å². The maximum Gasteiger partial charge on any atom is 0.299 e. The van der Waals surface area contributed by atoms with E-state index in [9.17, 15) is 8.42 Å². The van der Waals surface area contributed by atoms with Crippen LogP contribution in [0.5, 0.6) is 0 Å². The number of rotatable bonds is 5. The van der Waals surface area contributed by atoms with Gasteiger partial charge in [-0.15, -0.1) is 0 Å². The molecule has 0 amide bonds. The summed E-state index contributed by atoms with van der Waals surface area (Å²) in [6, 6.07) is 6.07. The molecule has 0 radical (unpaired) electrons. The molecule has 0 aliphatic heterocycles. The van der Waals surface area contributed by atoms with Gasteiger partial charge in [0.05, 0.1) is 4.90 Å². The fourth-order valence-electron chi connectivity index (χ4n) is 1.07. The highest BCUT2D eigenvalue weighted by Gasteiger charge is 2.19. The summed E-state index contributed by atoms with van der Waals surface area (Å²) in [7, 11) is -3.96. The Kier molecular flexibility index (Phi) is 4.43. The molecule has 1 aromatic carbocycles. The molecule has 2 N–H and O–H groups in total. The van der Waals surface area contributed by atoms with Gasteiger partial charge in [0.25, 0.3) is 10.1 Å². The van der Waals surface area contributed by atoms with Gasteiger partial charge in [-0.2, -0.15) is 8.42 Å². The molecule has 1 unspecified atom stereocenters. The molecule has 0 fully saturated rings. The van der Waals surface area contributed by atoms with Gasteiger partial charge in [0.2, 0.25) is 0 Å². The Morgan fingerprint density at radius 3 is 2.38 bits per heavy atom. The Hall–Kier alpha value is -0.950. The third-order valence-electron chi connectivity index (χ3n) is 1.92. The van der Waals surface area contributed by atoms with E-state index in [1.54, 1.807) is 12.1 Å². The van der Waals surface area contributed by atoms with Gasteiger partial charge in [0, 0.05) is 13.0 Å². The first-order chi connectivity index (χ1) is 7.45. The van der Waals surface area contributed by atoms with Crippen molar-refractivity contribution >= 4 is 10.1 Å². The Balaban J connectivity index is 2.82. The molecule has 0 bridgehead atoms. The van der Waals surface area contributed by atoms with Crippen LogP contribution in [-0.2, 0) is 14.3 Å². The smallest absolute Gasteiger partial charge is 0.299 e. The van der Waals surface area contributed by atoms with Crippen molar-refractivity contribution in [1.29, 1.82) is 0 Å². The Morgan fingerprint density at radius 2 is 1.88 bits per heavy atom. The normalized spacial score (nSPS) is 13.7. The monoisotopic (exact) mass is 246 g/mol. The van der Waals surface area contributed by atoms with Crippen molar-refractivity contribution in [2.75, 3.05) is 6.61 Å². The van der Waals surface area contributed by atoms with Crippen LogP contribution < -0.4 is 0 Å². The largest absolute Gasteiger partial charge is 0.396 e. The van der Waals surface area contributed by atoms with Crippen LogP contribution in [0.3, 0.4) is 0 Å². The third-order valence-corrected chi connectivity index (χ3v) is 3.25. The summed E-state index contributed by atoms with van der Waals surface area (Å²) >= 11 is 0. The van der Waals surface area contributed by atoms with Gasteiger partial charge in [-0.05, 0) is 19.1 Å². The highest BCUT2D eigenvalue weighted by Crippen LogP contribution is 2.15. The van der Waals surface area contributed by atoms with Crippen LogP contribution in [0.15, 0.2) is 29.2 Å². The van der Waals surface area contributed by atoms with E-state index in [0.717, 1.165) is 5.56 Å². The van der Waals surface area contributed by atoms with Crippen LogP contribution in [0.4, 0.5) is 0 Å². The summed E-state index contributed by atoms with van der Waals surface area (Å²) in [5.41, 5.74) is 0.926. The van der Waals surface area contributed by atoms with Gasteiger partial charge in [0.15, 0.2) is 6.29 Å². The zero-order valence-electron chi connectivity index (χ0n) is 8.83. The molecule has 1 aromatic rings. The molecule has 0 saturated carbocycles. The quantitative estimate of drug-likeness (QED) is 0.580. The van der Waals surface area contributed by atoms with Crippen molar-refractivity contribution in [2.24, 2.45) is 0 Å². The van der Waals surface area contributed by atoms with Crippen LogP contribution in [0.1, 0.15) is 12.0 Å². The first-order valence-corrected chi connectivity index (χ1v) is 6.15. The SMILES string of the molecule is Cc1ccc(S(=O)(=O)OC(O)CCO)cc1. The van der Waals surface area contributed by atoms with E-state index in [2.05, 4.69) is 4.18 Å². The van der Waals surface area contributed by atoms with Gasteiger partial charge < -0.3 is 10.2 Å². The second-order valence-electron chi connectivity index (χ2n) is 3.33. The standard InChI is InChI=1S/C10H14O5S/c1-8-2-4-9(5-3-8)16(13,14)15-10(12)6-7-11/h2-5,10-12H,6-7H2,1H3. The molecule has 0 spiro atoms. The molecule has 16 heavy (non-hydrogen) atoms. The van der Waals surface area contributed by atoms with Crippen molar-refractivity contribution in [3.05, 3.63) is 29.8 Å². The molecule has 0 aliphatic carbocycles. The average molecular weight is 246 g/mol. The fraction of sp³-hybridized carbons (Fsp3) is 0.400. The molecule has 0 aliphatic rings. The zero-order valence-corrected chi connectivity index (χ0v) is 9.64. The van der Waals surface area contributed by atoms with Crippen LogP contribution in [0.25, 0.3) is 0 Å². The fourth-order valence-corrected chi connectivity index (χ4v) is 2.03. The summed E-state index contributed by atoms with van der Waals surface area (Å²) in [6.07, 6.45) is -1.67. The van der Waals surface area contributed by atoms with Crippen LogP contribution in [0, 0.1) is 6.92 Å². The summed E-state index contributed by atoms with van der Waals surface area (Å²) in [5.74, 6) is 0. The first-order valence-electron chi connectivity index (χ1n) is 4.74. The third kappa shape index (κ3) is 3.57. The summed E-state index contributed by atoms with van der Waals surface area (Å²) in [6.45, 7) is 1.49. The van der Waals surface area contributed by atoms with Crippen molar-refractivity contribution in [2.45, 2.75) is 24.5 Å². The van der Waals surface area contributed by atoms with Crippen LogP contribution in [-0.4, -0.2) is 31.5 Å². The number of benzene rings is 1. The zero-order chi connectivity index (χ0) is 12.2. The predicted molar refractivity (Wildman–Crippen MR) is 57.2 cm³/mol. The van der Waals surface area contributed by atoms with Crippen LogP contribution in [0.2, 0.25) is 0 Å². The number of aliphatic hydroxyl groups is 2. The van der Waals surface area contributed by atoms with Crippen molar-refractivity contribution < 1.29 is 22.8 Å². The highest BCUT2D eigenvalue weighted by atomic mass is 32.2. The van der Waals surface area contributed by atoms with Gasteiger partial charge in [-0.3, -0.25) is 0 Å². The summed E-state index contributed by atoms with van der Waals surface area (Å²) < 4.78 is 27.6. The number of aliphatic hydroxyl groups excluding tert-OH is 2. The van der Waals surface area contributed by atoms with Crippen molar-refractivity contribution in [3.63, 3.8) is 0 Å². The van der Waals surface area contributed by atoms with Gasteiger partial charge in [-0.1, -0.05) is 17.7 Å². The van der Waals surface area contributed by atoms with E-state index >= 15 is 0 Å². The molecule has 6 heteroatoms. The van der Waals surface area contributed by atoms with Gasteiger partial charge in [-0.25, -0.2) is 4.18 Å². The molecule has 0 aromatic heterocycles. The Bertz CT molecular complexity index is 423. The molecule has 0 heterocycles. The lowest BCUT2D eigenvalue weighted by molar-refractivity contribution is -0.0276. The Morgan fingerprint density at radius 1 is 1.31 bits per heavy atom. The lowest BCUT2D eigenvalue weighted by Crippen LogP contribution is -2.19. The van der Waals surface area contributed by atoms with E-state index in [-0.39, 0.29) is 17.9 Å². The molecule has 1 rings (SSSR count). The molecule has 0 saturated heterocycles. The maximum absolute atomic E-state index is 11.6. The van der Waals surface area contributed by atoms with Crippen molar-refractivity contribution in [3.8, 4) is 0 Å². The van der Waals surface area contributed by atoms with Gasteiger partial charge in [0.1, 0.15) is 0 Å². The molecule has 90 valence electrons. The minimum absolute atomic E-state index is 0.0184. The maximum atomic E-state index is 11.6. The molecule has 1 atom stereocenters. The highest BCUT2D eigenvalue weighted by molar-refractivity contribution is 7.86. The molecular formula is C10H14O5S. The number of hydrogen-bond acceptors (Lipinski definition) is 5. The average Bonchev–Trinajstić information content (AvgIpc) is 2.17. The van der Waals surface area contributed by atoms with Crippen LogP contribution >= 0.6 is 0 Å². The minimum atomic E-state index is -3.96. The van der Waals surface area contributed by atoms with E-state index in [1.165, 1.54) is 12.1 Å². The predicted octanol–water partition coefficient (Wildman–Crippen LogP) is 0.401. The molecule has 5 nitrogen and oxygen atoms in total. The van der Waals surface area contributed by atoms with E-state index in [0.29, 0.717) is 0 Å². The van der Waals surface area contributed by atoms with E-state index < -0.39 is 16.4 Å². The second-order valence-corrected chi connectivity index (χ2v) is 4.90. The second kappa shape index (κ2) is 5.40. The van der Waals surface area contributed by atoms with Gasteiger partial charge >= 0.3 is 0 Å². The molecular weight excluding hydrogens is 232 g/mol. The first kappa shape index (κ1) is 13.1. The minimum Gasteiger partial charge on any atom is -0.396 e. The number of aryl methyl sites for hydroxylation is 1. The van der Waals surface area contributed by atoms with E-state index in [1.807, 2.05) is 6.92 Å². The van der Waals surface area contributed by atoms with Crippen molar-refractivity contribution in [1.82, 2.24) is 0 Å². The lowest BCUT2D eigenvalue weighted by atomic mass is 10.2.